The van der Waals surface area contributed by atoms with Crippen LogP contribution in [0.1, 0.15) is 13.8 Å². The predicted octanol–water partition coefficient (Wildman–Crippen LogP) is 1.68. The third-order valence-corrected chi connectivity index (χ3v) is 4.14. The van der Waals surface area contributed by atoms with Gasteiger partial charge in [-0.1, -0.05) is 30.9 Å². The van der Waals surface area contributed by atoms with Crippen molar-refractivity contribution in [3.63, 3.8) is 0 Å². The van der Waals surface area contributed by atoms with Gasteiger partial charge in [-0.3, -0.25) is 9.59 Å². The number of aliphatic hydroxyl groups is 1. The zero-order valence-electron chi connectivity index (χ0n) is 14.0. The Bertz CT molecular complexity index is 631. The molecule has 1 saturated heterocycles. The van der Waals surface area contributed by atoms with Crippen LogP contribution in [0.3, 0.4) is 0 Å². The SMILES string of the molecule is C=C/C=C\C(=C/C)C(F)C(O)[C@@H]1OC(=O)C2CN=NC2C1OC(C)=O. The van der Waals surface area contributed by atoms with Gasteiger partial charge in [0.15, 0.2) is 18.4 Å². The molecule has 0 bridgehead atoms. The van der Waals surface area contributed by atoms with Gasteiger partial charge < -0.3 is 14.6 Å². The van der Waals surface area contributed by atoms with Gasteiger partial charge in [0, 0.05) is 6.92 Å². The normalized spacial score (nSPS) is 31.4. The molecule has 0 aromatic carbocycles. The maximum atomic E-state index is 14.8. The minimum atomic E-state index is -1.85. The van der Waals surface area contributed by atoms with Gasteiger partial charge in [0.05, 0.1) is 6.54 Å². The maximum Gasteiger partial charge on any atom is 0.313 e. The van der Waals surface area contributed by atoms with E-state index in [0.717, 1.165) is 0 Å². The molecule has 8 heteroatoms. The second-order valence-electron chi connectivity index (χ2n) is 5.79. The summed E-state index contributed by atoms with van der Waals surface area (Å²) in [5, 5.41) is 18.2. The molecule has 6 atom stereocenters. The Balaban J connectivity index is 2.27. The first-order valence-corrected chi connectivity index (χ1v) is 7.92. The van der Waals surface area contributed by atoms with Gasteiger partial charge in [0.2, 0.25) is 0 Å². The van der Waals surface area contributed by atoms with Gasteiger partial charge in [0.25, 0.3) is 0 Å². The monoisotopic (exact) mass is 352 g/mol. The van der Waals surface area contributed by atoms with Gasteiger partial charge in [-0.15, -0.1) is 0 Å². The third-order valence-electron chi connectivity index (χ3n) is 4.14. The van der Waals surface area contributed by atoms with Crippen molar-refractivity contribution >= 4 is 11.9 Å². The smallest absolute Gasteiger partial charge is 0.313 e. The fourth-order valence-electron chi connectivity index (χ4n) is 2.89. The number of halogens is 1. The molecule has 1 fully saturated rings. The summed E-state index contributed by atoms with van der Waals surface area (Å²) in [6, 6.07) is -0.783. The number of nitrogens with zero attached hydrogens (tertiary/aromatic N) is 2. The second-order valence-corrected chi connectivity index (χ2v) is 5.79. The number of carbonyl (C=O) groups is 2. The van der Waals surface area contributed by atoms with Crippen molar-refractivity contribution in [3.8, 4) is 0 Å². The molecule has 2 rings (SSSR count). The molecule has 0 amide bonds. The number of esters is 2. The first-order chi connectivity index (χ1) is 11.9. The summed E-state index contributed by atoms with van der Waals surface area (Å²) in [5.74, 6) is -1.97. The van der Waals surface area contributed by atoms with Crippen LogP contribution in [0.2, 0.25) is 0 Å². The number of rotatable bonds is 6. The summed E-state index contributed by atoms with van der Waals surface area (Å²) >= 11 is 0. The predicted molar refractivity (Wildman–Crippen MR) is 86.4 cm³/mol. The molecule has 0 spiro atoms. The van der Waals surface area contributed by atoms with E-state index in [1.54, 1.807) is 6.92 Å². The highest BCUT2D eigenvalue weighted by Gasteiger charge is 2.54. The number of allylic oxidation sites excluding steroid dienone is 4. The molecule has 7 nitrogen and oxygen atoms in total. The van der Waals surface area contributed by atoms with Crippen LogP contribution >= 0.6 is 0 Å². The van der Waals surface area contributed by atoms with E-state index < -0.39 is 48.4 Å². The number of aliphatic hydroxyl groups excluding tert-OH is 1. The van der Waals surface area contributed by atoms with Crippen LogP contribution in [0, 0.1) is 5.92 Å². The van der Waals surface area contributed by atoms with Crippen molar-refractivity contribution in [2.45, 2.75) is 44.4 Å². The lowest BCUT2D eigenvalue weighted by Gasteiger charge is -2.38. The van der Waals surface area contributed by atoms with Crippen molar-refractivity contribution in [1.29, 1.82) is 0 Å². The summed E-state index contributed by atoms with van der Waals surface area (Å²) in [7, 11) is 0. The zero-order chi connectivity index (χ0) is 18.6. The number of cyclic esters (lactones) is 1. The van der Waals surface area contributed by atoms with E-state index in [1.807, 2.05) is 0 Å². The Hall–Kier alpha value is -2.35. The topological polar surface area (TPSA) is 97.6 Å². The Morgan fingerprint density at radius 2 is 2.28 bits per heavy atom. The van der Waals surface area contributed by atoms with Crippen LogP contribution < -0.4 is 0 Å². The Labute approximate surface area is 144 Å². The molecule has 0 saturated carbocycles. The minimum Gasteiger partial charge on any atom is -0.456 e. The lowest BCUT2D eigenvalue weighted by molar-refractivity contribution is -0.198. The average Bonchev–Trinajstić information content (AvgIpc) is 3.07. The van der Waals surface area contributed by atoms with Crippen molar-refractivity contribution in [2.24, 2.45) is 16.1 Å². The average molecular weight is 352 g/mol. The van der Waals surface area contributed by atoms with Crippen LogP contribution in [0.5, 0.6) is 0 Å². The molecule has 0 radical (unpaired) electrons. The Kier molecular flexibility index (Phi) is 6.19. The van der Waals surface area contributed by atoms with Gasteiger partial charge in [0.1, 0.15) is 18.1 Å². The van der Waals surface area contributed by atoms with Crippen LogP contribution in [0.15, 0.2) is 46.7 Å². The third kappa shape index (κ3) is 4.01. The lowest BCUT2D eigenvalue weighted by Crippen LogP contribution is -2.58. The van der Waals surface area contributed by atoms with E-state index in [2.05, 4.69) is 16.8 Å². The Morgan fingerprint density at radius 1 is 1.56 bits per heavy atom. The van der Waals surface area contributed by atoms with Crippen molar-refractivity contribution in [2.75, 3.05) is 6.54 Å². The Morgan fingerprint density at radius 3 is 2.88 bits per heavy atom. The van der Waals surface area contributed by atoms with Crippen LogP contribution in [0.4, 0.5) is 4.39 Å². The molecule has 1 N–H and O–H groups in total. The second kappa shape index (κ2) is 8.15. The lowest BCUT2D eigenvalue weighted by atomic mass is 9.86. The summed E-state index contributed by atoms with van der Waals surface area (Å²) in [6.45, 7) is 6.41. The molecular formula is C17H21FN2O5. The van der Waals surface area contributed by atoms with E-state index in [1.165, 1.54) is 31.2 Å². The van der Waals surface area contributed by atoms with Gasteiger partial charge in [-0.05, 0) is 12.5 Å². The number of alkyl halides is 1. The summed E-state index contributed by atoms with van der Waals surface area (Å²) in [4.78, 5) is 23.5. The molecule has 2 aliphatic heterocycles. The van der Waals surface area contributed by atoms with Gasteiger partial charge >= 0.3 is 11.9 Å². The number of carbonyl (C=O) groups excluding carboxylic acids is 2. The van der Waals surface area contributed by atoms with Crippen molar-refractivity contribution < 1.29 is 28.6 Å². The van der Waals surface area contributed by atoms with Crippen LogP contribution in [-0.4, -0.2) is 54.1 Å². The molecule has 5 unspecified atom stereocenters. The minimum absolute atomic E-state index is 0.116. The number of hydrogen-bond donors (Lipinski definition) is 1. The van der Waals surface area contributed by atoms with Gasteiger partial charge in [-0.25, -0.2) is 4.39 Å². The van der Waals surface area contributed by atoms with Crippen LogP contribution in [-0.2, 0) is 19.1 Å². The van der Waals surface area contributed by atoms with Crippen molar-refractivity contribution in [1.82, 2.24) is 0 Å². The van der Waals surface area contributed by atoms with Crippen molar-refractivity contribution in [3.05, 3.63) is 36.5 Å². The highest BCUT2D eigenvalue weighted by atomic mass is 19.1. The standard InChI is InChI=1S/C17H21FN2O5/c1-4-6-7-10(5-2)12(18)14(22)16-15(24-9(3)21)13-11(8-19-20-13)17(23)25-16/h4-7,11-16,22H,1,8H2,2-3H3/b7-6-,10-5+/t11?,12?,13?,14?,15?,16-/m0/s1. The highest BCUT2D eigenvalue weighted by molar-refractivity contribution is 5.76. The van der Waals surface area contributed by atoms with Gasteiger partial charge in [-0.2, -0.15) is 10.2 Å². The number of azo groups is 1. The number of ether oxygens (including phenoxy) is 2. The van der Waals surface area contributed by atoms with E-state index >= 15 is 0 Å². The first kappa shape index (κ1) is 19.0. The molecule has 0 aromatic heterocycles. The first-order valence-electron chi connectivity index (χ1n) is 7.92. The van der Waals surface area contributed by atoms with E-state index in [-0.39, 0.29) is 12.1 Å². The number of hydrogen-bond acceptors (Lipinski definition) is 7. The molecule has 25 heavy (non-hydrogen) atoms. The maximum absolute atomic E-state index is 14.8. The largest absolute Gasteiger partial charge is 0.456 e. The molecule has 136 valence electrons. The highest BCUT2D eigenvalue weighted by Crippen LogP contribution is 2.34. The summed E-state index contributed by atoms with van der Waals surface area (Å²) in [6.07, 6.45) is -0.140. The number of fused-ring (bicyclic) bond motifs is 1. The van der Waals surface area contributed by atoms with E-state index in [0.29, 0.717) is 0 Å². The molecule has 0 aliphatic carbocycles. The fourth-order valence-corrected chi connectivity index (χ4v) is 2.89. The van der Waals surface area contributed by atoms with E-state index in [4.69, 9.17) is 9.47 Å². The van der Waals surface area contributed by atoms with Crippen LogP contribution in [0.25, 0.3) is 0 Å². The van der Waals surface area contributed by atoms with E-state index in [9.17, 15) is 19.1 Å². The molecule has 2 aliphatic rings. The zero-order valence-corrected chi connectivity index (χ0v) is 14.0. The molecular weight excluding hydrogens is 331 g/mol. The molecule has 2 heterocycles. The fraction of sp³-hybridized carbons (Fsp3) is 0.529. The summed E-state index contributed by atoms with van der Waals surface area (Å²) < 4.78 is 25.1. The quantitative estimate of drug-likeness (QED) is 0.579. The summed E-state index contributed by atoms with van der Waals surface area (Å²) in [5.41, 5.74) is 0.181. The molecule has 0 aromatic rings.